The van der Waals surface area contributed by atoms with Crippen LogP contribution >= 0.6 is 0 Å². The first-order valence-electron chi connectivity index (χ1n) is 8.02. The number of imidazole rings is 1. The van der Waals surface area contributed by atoms with Gasteiger partial charge in [0.05, 0.1) is 11.0 Å². The molecule has 0 amide bonds. The predicted octanol–water partition coefficient (Wildman–Crippen LogP) is 4.45. The third-order valence-electron chi connectivity index (χ3n) is 4.63. The highest BCUT2D eigenvalue weighted by Gasteiger charge is 2.34. The smallest absolute Gasteiger partial charge is 0.329 e. The molecule has 124 valence electrons. The summed E-state index contributed by atoms with van der Waals surface area (Å²) >= 11 is 0. The zero-order chi connectivity index (χ0) is 17.6. The topological polar surface area (TPSA) is 55.1 Å². The largest absolute Gasteiger partial charge is 0.480 e. The molecule has 0 saturated carbocycles. The summed E-state index contributed by atoms with van der Waals surface area (Å²) in [6.07, 6.45) is 0. The lowest BCUT2D eigenvalue weighted by molar-refractivity contribution is -0.145. The fourth-order valence-electron chi connectivity index (χ4n) is 2.97. The van der Waals surface area contributed by atoms with Crippen LogP contribution in [0.5, 0.6) is 0 Å². The second-order valence-corrected chi connectivity index (χ2v) is 6.93. The molecule has 0 aliphatic carbocycles. The summed E-state index contributed by atoms with van der Waals surface area (Å²) in [5.41, 5.74) is 4.89. The number of hydrogen-bond donors (Lipinski definition) is 1. The van der Waals surface area contributed by atoms with Gasteiger partial charge in [0, 0.05) is 5.56 Å². The molecule has 0 saturated heterocycles. The number of benzene rings is 2. The van der Waals surface area contributed by atoms with Crippen LogP contribution in [0.15, 0.2) is 36.4 Å². The van der Waals surface area contributed by atoms with Gasteiger partial charge in [-0.05, 0) is 63.9 Å². The minimum Gasteiger partial charge on any atom is -0.480 e. The van der Waals surface area contributed by atoms with E-state index in [9.17, 15) is 9.90 Å². The third-order valence-corrected chi connectivity index (χ3v) is 4.63. The quantitative estimate of drug-likeness (QED) is 0.775. The van der Waals surface area contributed by atoms with Gasteiger partial charge in [0.1, 0.15) is 11.4 Å². The molecule has 4 heteroatoms. The van der Waals surface area contributed by atoms with Crippen LogP contribution in [0, 0.1) is 20.8 Å². The average Bonchev–Trinajstić information content (AvgIpc) is 2.86. The molecule has 0 fully saturated rings. The number of aryl methyl sites for hydroxylation is 3. The molecule has 2 aromatic carbocycles. The first kappa shape index (κ1) is 16.2. The molecule has 0 radical (unpaired) electrons. The number of aliphatic carboxylic acids is 1. The van der Waals surface area contributed by atoms with Crippen molar-refractivity contribution in [2.24, 2.45) is 0 Å². The maximum absolute atomic E-state index is 11.9. The fraction of sp³-hybridized carbons (Fsp3) is 0.300. The molecule has 0 aliphatic rings. The van der Waals surface area contributed by atoms with Crippen LogP contribution in [-0.2, 0) is 10.3 Å². The molecule has 0 atom stereocenters. The van der Waals surface area contributed by atoms with Gasteiger partial charge in [-0.25, -0.2) is 9.78 Å². The second-order valence-electron chi connectivity index (χ2n) is 6.93. The molecule has 0 spiro atoms. The SMILES string of the molecule is Cc1cccc(-c2nc3cc(C)c(C)cc3n2C(C)(C)C(=O)O)c1. The average molecular weight is 322 g/mol. The van der Waals surface area contributed by atoms with Crippen molar-refractivity contribution in [1.29, 1.82) is 0 Å². The Morgan fingerprint density at radius 2 is 1.75 bits per heavy atom. The summed E-state index contributed by atoms with van der Waals surface area (Å²) in [7, 11) is 0. The molecular formula is C20H22N2O2. The van der Waals surface area contributed by atoms with Gasteiger partial charge in [0.25, 0.3) is 0 Å². The number of nitrogens with zero attached hydrogens (tertiary/aromatic N) is 2. The highest BCUT2D eigenvalue weighted by molar-refractivity contribution is 5.87. The van der Waals surface area contributed by atoms with Crippen LogP contribution in [-0.4, -0.2) is 20.6 Å². The van der Waals surface area contributed by atoms with Gasteiger partial charge in [-0.3, -0.25) is 0 Å². The maximum atomic E-state index is 11.9. The van der Waals surface area contributed by atoms with Gasteiger partial charge in [-0.15, -0.1) is 0 Å². The Labute approximate surface area is 141 Å². The van der Waals surface area contributed by atoms with E-state index in [-0.39, 0.29) is 0 Å². The molecule has 0 aliphatic heterocycles. The lowest BCUT2D eigenvalue weighted by Gasteiger charge is -2.25. The first-order valence-corrected chi connectivity index (χ1v) is 8.02. The van der Waals surface area contributed by atoms with E-state index < -0.39 is 11.5 Å². The van der Waals surface area contributed by atoms with Crippen molar-refractivity contribution in [2.75, 3.05) is 0 Å². The molecule has 1 N–H and O–H groups in total. The van der Waals surface area contributed by atoms with Crippen LogP contribution < -0.4 is 0 Å². The Kier molecular flexibility index (Phi) is 3.71. The van der Waals surface area contributed by atoms with E-state index in [2.05, 4.69) is 0 Å². The van der Waals surface area contributed by atoms with Crippen molar-refractivity contribution in [3.63, 3.8) is 0 Å². The van der Waals surface area contributed by atoms with Crippen LogP contribution in [0.3, 0.4) is 0 Å². The number of fused-ring (bicyclic) bond motifs is 1. The molecule has 3 rings (SSSR count). The third kappa shape index (κ3) is 2.48. The summed E-state index contributed by atoms with van der Waals surface area (Å²) in [6, 6.07) is 12.1. The van der Waals surface area contributed by atoms with Crippen LogP contribution in [0.25, 0.3) is 22.4 Å². The Morgan fingerprint density at radius 1 is 1.08 bits per heavy atom. The van der Waals surface area contributed by atoms with Gasteiger partial charge in [0.15, 0.2) is 0 Å². The molecular weight excluding hydrogens is 300 g/mol. The second kappa shape index (κ2) is 5.48. The van der Waals surface area contributed by atoms with E-state index in [0.29, 0.717) is 5.82 Å². The number of carboxylic acids is 1. The van der Waals surface area contributed by atoms with Crippen molar-refractivity contribution in [3.8, 4) is 11.4 Å². The molecule has 1 heterocycles. The van der Waals surface area contributed by atoms with Crippen molar-refractivity contribution >= 4 is 17.0 Å². The number of aromatic nitrogens is 2. The number of carbonyl (C=O) groups is 1. The molecule has 0 bridgehead atoms. The zero-order valence-corrected chi connectivity index (χ0v) is 14.7. The van der Waals surface area contributed by atoms with Crippen molar-refractivity contribution in [2.45, 2.75) is 40.2 Å². The Morgan fingerprint density at radius 3 is 2.38 bits per heavy atom. The normalized spacial score (nSPS) is 11.9. The number of carboxylic acid groups (broad SMARTS) is 1. The standard InChI is InChI=1S/C20H22N2O2/c1-12-7-6-8-15(9-12)18-21-16-10-13(2)14(3)11-17(16)22(18)20(4,5)19(23)24/h6-11H,1-5H3,(H,23,24). The summed E-state index contributed by atoms with van der Waals surface area (Å²) in [4.78, 5) is 16.7. The molecule has 24 heavy (non-hydrogen) atoms. The van der Waals surface area contributed by atoms with Gasteiger partial charge in [0.2, 0.25) is 0 Å². The van der Waals surface area contributed by atoms with Crippen LogP contribution in [0.4, 0.5) is 0 Å². The van der Waals surface area contributed by atoms with E-state index in [1.54, 1.807) is 13.8 Å². The van der Waals surface area contributed by atoms with Crippen LogP contribution in [0.2, 0.25) is 0 Å². The molecule has 3 aromatic rings. The zero-order valence-electron chi connectivity index (χ0n) is 14.7. The van der Waals surface area contributed by atoms with Gasteiger partial charge in [-0.2, -0.15) is 0 Å². The highest BCUT2D eigenvalue weighted by Crippen LogP contribution is 2.33. The molecule has 4 nitrogen and oxygen atoms in total. The van der Waals surface area contributed by atoms with Crippen molar-refractivity contribution < 1.29 is 9.90 Å². The Hall–Kier alpha value is -2.62. The minimum atomic E-state index is -1.10. The first-order chi connectivity index (χ1) is 11.2. The maximum Gasteiger partial charge on any atom is 0.329 e. The summed E-state index contributed by atoms with van der Waals surface area (Å²) in [5, 5.41) is 9.77. The summed E-state index contributed by atoms with van der Waals surface area (Å²) in [6.45, 7) is 9.53. The van der Waals surface area contributed by atoms with E-state index in [0.717, 1.165) is 33.3 Å². The van der Waals surface area contributed by atoms with Crippen molar-refractivity contribution in [3.05, 3.63) is 53.1 Å². The van der Waals surface area contributed by atoms with Gasteiger partial charge < -0.3 is 9.67 Å². The minimum absolute atomic E-state index is 0.686. The predicted molar refractivity (Wildman–Crippen MR) is 96.3 cm³/mol. The lowest BCUT2D eigenvalue weighted by atomic mass is 10.0. The van der Waals surface area contributed by atoms with Gasteiger partial charge >= 0.3 is 5.97 Å². The van der Waals surface area contributed by atoms with Crippen LogP contribution in [0.1, 0.15) is 30.5 Å². The van der Waals surface area contributed by atoms with E-state index in [4.69, 9.17) is 4.98 Å². The number of hydrogen-bond acceptors (Lipinski definition) is 2. The Bertz CT molecular complexity index is 952. The number of rotatable bonds is 3. The fourth-order valence-corrected chi connectivity index (χ4v) is 2.97. The molecule has 0 unspecified atom stereocenters. The van der Waals surface area contributed by atoms with E-state index in [1.165, 1.54) is 0 Å². The summed E-state index contributed by atoms with van der Waals surface area (Å²) < 4.78 is 1.84. The van der Waals surface area contributed by atoms with E-state index >= 15 is 0 Å². The van der Waals surface area contributed by atoms with E-state index in [1.807, 2.05) is 61.7 Å². The van der Waals surface area contributed by atoms with Gasteiger partial charge in [-0.1, -0.05) is 23.8 Å². The summed E-state index contributed by atoms with van der Waals surface area (Å²) in [5.74, 6) is -0.194. The van der Waals surface area contributed by atoms with Crippen molar-refractivity contribution in [1.82, 2.24) is 9.55 Å². The lowest BCUT2D eigenvalue weighted by Crippen LogP contribution is -2.36. The Balaban J connectivity index is 2.42. The monoisotopic (exact) mass is 322 g/mol. The highest BCUT2D eigenvalue weighted by atomic mass is 16.4. The molecule has 1 aromatic heterocycles.